The van der Waals surface area contributed by atoms with Crippen LogP contribution in [-0.2, 0) is 11.3 Å². The number of aromatic nitrogens is 1. The van der Waals surface area contributed by atoms with Crippen LogP contribution in [0, 0.1) is 6.92 Å². The highest BCUT2D eigenvalue weighted by Crippen LogP contribution is 2.19. The number of amides is 2. The van der Waals surface area contributed by atoms with Crippen molar-refractivity contribution in [1.29, 1.82) is 0 Å². The minimum atomic E-state index is -0.313. The van der Waals surface area contributed by atoms with Crippen LogP contribution in [0.15, 0.2) is 34.9 Å². The van der Waals surface area contributed by atoms with Crippen molar-refractivity contribution in [2.75, 3.05) is 18.5 Å². The van der Waals surface area contributed by atoms with Crippen LogP contribution in [0.2, 0.25) is 0 Å². The lowest BCUT2D eigenvalue weighted by atomic mass is 10.2. The van der Waals surface area contributed by atoms with Gasteiger partial charge in [-0.05, 0) is 31.9 Å². The normalized spacial score (nSPS) is 16.8. The summed E-state index contributed by atoms with van der Waals surface area (Å²) in [6.45, 7) is 3.44. The van der Waals surface area contributed by atoms with Gasteiger partial charge in [-0.25, -0.2) is 4.79 Å². The maximum atomic E-state index is 11.9. The molecule has 1 aromatic carbocycles. The number of nitrogens with one attached hydrogen (secondary N) is 2. The molecule has 1 atom stereocenters. The Bertz CT molecular complexity index is 680. The zero-order valence-electron chi connectivity index (χ0n) is 13.6. The number of hydrogen-bond acceptors (Lipinski definition) is 5. The van der Waals surface area contributed by atoms with Gasteiger partial charge < -0.3 is 24.6 Å². The summed E-state index contributed by atoms with van der Waals surface area (Å²) < 4.78 is 16.2. The average molecular weight is 331 g/mol. The lowest BCUT2D eigenvalue weighted by molar-refractivity contribution is 0.0680. The summed E-state index contributed by atoms with van der Waals surface area (Å²) in [6.07, 6.45) is 2.28. The first-order valence-electron chi connectivity index (χ1n) is 8.00. The minimum absolute atomic E-state index is 0.163. The molecule has 0 saturated carbocycles. The van der Waals surface area contributed by atoms with E-state index in [1.54, 1.807) is 25.1 Å². The fraction of sp³-hybridized carbons (Fsp3) is 0.412. The van der Waals surface area contributed by atoms with Gasteiger partial charge >= 0.3 is 6.03 Å². The molecule has 0 unspecified atom stereocenters. The van der Waals surface area contributed by atoms with E-state index in [-0.39, 0.29) is 12.1 Å². The van der Waals surface area contributed by atoms with E-state index in [2.05, 4.69) is 15.8 Å². The number of urea groups is 1. The maximum absolute atomic E-state index is 11.9. The summed E-state index contributed by atoms with van der Waals surface area (Å²) in [7, 11) is 0. The number of benzene rings is 1. The SMILES string of the molecule is Cc1cc(CNC(=O)Nc2cccc(OC[C@H]3CCCO3)c2)no1. The van der Waals surface area contributed by atoms with E-state index < -0.39 is 0 Å². The number of nitrogens with zero attached hydrogens (tertiary/aromatic N) is 1. The van der Waals surface area contributed by atoms with Crippen molar-refractivity contribution in [2.24, 2.45) is 0 Å². The molecule has 2 amide bonds. The third-order valence-electron chi connectivity index (χ3n) is 3.66. The van der Waals surface area contributed by atoms with Crippen molar-refractivity contribution >= 4 is 11.7 Å². The Balaban J connectivity index is 1.47. The molecule has 3 rings (SSSR count). The van der Waals surface area contributed by atoms with Crippen LogP contribution in [-0.4, -0.2) is 30.5 Å². The van der Waals surface area contributed by atoms with E-state index in [0.29, 0.717) is 36.0 Å². The van der Waals surface area contributed by atoms with Gasteiger partial charge in [0.05, 0.1) is 12.6 Å². The zero-order valence-corrected chi connectivity index (χ0v) is 13.6. The van der Waals surface area contributed by atoms with E-state index in [1.807, 2.05) is 12.1 Å². The number of carbonyl (C=O) groups is 1. The fourth-order valence-corrected chi connectivity index (χ4v) is 2.48. The highest BCUT2D eigenvalue weighted by molar-refractivity contribution is 5.89. The van der Waals surface area contributed by atoms with Crippen LogP contribution in [0.25, 0.3) is 0 Å². The molecule has 1 aliphatic heterocycles. The van der Waals surface area contributed by atoms with Crippen LogP contribution in [0.4, 0.5) is 10.5 Å². The van der Waals surface area contributed by atoms with Crippen LogP contribution in [0.3, 0.4) is 0 Å². The third-order valence-corrected chi connectivity index (χ3v) is 3.66. The van der Waals surface area contributed by atoms with Gasteiger partial charge in [-0.15, -0.1) is 0 Å². The van der Waals surface area contributed by atoms with Crippen molar-refractivity contribution in [3.63, 3.8) is 0 Å². The Morgan fingerprint density at radius 2 is 2.33 bits per heavy atom. The lowest BCUT2D eigenvalue weighted by Gasteiger charge is -2.12. The second kappa shape index (κ2) is 7.83. The molecule has 0 radical (unpaired) electrons. The molecular formula is C17H21N3O4. The first-order valence-corrected chi connectivity index (χ1v) is 8.00. The predicted molar refractivity (Wildman–Crippen MR) is 88.0 cm³/mol. The van der Waals surface area contributed by atoms with Gasteiger partial charge in [-0.3, -0.25) is 0 Å². The molecule has 2 N–H and O–H groups in total. The van der Waals surface area contributed by atoms with E-state index in [9.17, 15) is 4.79 Å². The molecule has 2 heterocycles. The van der Waals surface area contributed by atoms with Gasteiger partial charge in [-0.2, -0.15) is 0 Å². The molecule has 128 valence electrons. The van der Waals surface area contributed by atoms with Crippen molar-refractivity contribution in [3.05, 3.63) is 41.8 Å². The van der Waals surface area contributed by atoms with Gasteiger partial charge in [0, 0.05) is 24.4 Å². The molecule has 7 nitrogen and oxygen atoms in total. The summed E-state index contributed by atoms with van der Waals surface area (Å²) in [6, 6.07) is 8.75. The Morgan fingerprint density at radius 1 is 1.42 bits per heavy atom. The fourth-order valence-electron chi connectivity index (χ4n) is 2.48. The molecule has 7 heteroatoms. The highest BCUT2D eigenvalue weighted by atomic mass is 16.5. The highest BCUT2D eigenvalue weighted by Gasteiger charge is 2.16. The van der Waals surface area contributed by atoms with Crippen LogP contribution in [0.5, 0.6) is 5.75 Å². The molecule has 24 heavy (non-hydrogen) atoms. The molecular weight excluding hydrogens is 310 g/mol. The minimum Gasteiger partial charge on any atom is -0.491 e. The van der Waals surface area contributed by atoms with Gasteiger partial charge in [0.25, 0.3) is 0 Å². The Labute approximate surface area is 140 Å². The maximum Gasteiger partial charge on any atom is 0.319 e. The lowest BCUT2D eigenvalue weighted by Crippen LogP contribution is -2.28. The molecule has 2 aromatic rings. The Kier molecular flexibility index (Phi) is 5.32. The van der Waals surface area contributed by atoms with Gasteiger partial charge in [0.15, 0.2) is 0 Å². The molecule has 0 spiro atoms. The number of aryl methyl sites for hydroxylation is 1. The summed E-state index contributed by atoms with van der Waals surface area (Å²) >= 11 is 0. The van der Waals surface area contributed by atoms with Crippen molar-refractivity contribution in [2.45, 2.75) is 32.4 Å². The van der Waals surface area contributed by atoms with E-state index in [4.69, 9.17) is 14.0 Å². The summed E-state index contributed by atoms with van der Waals surface area (Å²) in [5.74, 6) is 1.42. The number of anilines is 1. The van der Waals surface area contributed by atoms with E-state index in [0.717, 1.165) is 19.4 Å². The topological polar surface area (TPSA) is 85.6 Å². The molecule has 1 fully saturated rings. The zero-order chi connectivity index (χ0) is 16.8. The molecule has 0 aliphatic carbocycles. The quantitative estimate of drug-likeness (QED) is 0.850. The third kappa shape index (κ3) is 4.73. The number of hydrogen-bond donors (Lipinski definition) is 2. The van der Waals surface area contributed by atoms with Gasteiger partial charge in [0.1, 0.15) is 23.8 Å². The average Bonchev–Trinajstić information content (AvgIpc) is 3.23. The summed E-state index contributed by atoms with van der Waals surface area (Å²) in [5, 5.41) is 9.31. The van der Waals surface area contributed by atoms with Crippen LogP contribution in [0.1, 0.15) is 24.3 Å². The molecule has 1 saturated heterocycles. The second-order valence-electron chi connectivity index (χ2n) is 5.71. The van der Waals surface area contributed by atoms with E-state index >= 15 is 0 Å². The van der Waals surface area contributed by atoms with Crippen LogP contribution >= 0.6 is 0 Å². The van der Waals surface area contributed by atoms with Crippen molar-refractivity contribution in [3.8, 4) is 5.75 Å². The van der Waals surface area contributed by atoms with Gasteiger partial charge in [-0.1, -0.05) is 11.2 Å². The van der Waals surface area contributed by atoms with Crippen LogP contribution < -0.4 is 15.4 Å². The van der Waals surface area contributed by atoms with Gasteiger partial charge in [0.2, 0.25) is 0 Å². The van der Waals surface area contributed by atoms with Crippen molar-refractivity contribution < 1.29 is 18.8 Å². The Hall–Kier alpha value is -2.54. The smallest absolute Gasteiger partial charge is 0.319 e. The monoisotopic (exact) mass is 331 g/mol. The first kappa shape index (κ1) is 16.3. The predicted octanol–water partition coefficient (Wildman–Crippen LogP) is 2.86. The summed E-state index contributed by atoms with van der Waals surface area (Å²) in [4.78, 5) is 11.9. The molecule has 1 aromatic heterocycles. The number of ether oxygens (including phenoxy) is 2. The number of carbonyl (C=O) groups excluding carboxylic acids is 1. The summed E-state index contributed by atoms with van der Waals surface area (Å²) in [5.41, 5.74) is 1.34. The molecule has 0 bridgehead atoms. The standard InChI is InChI=1S/C17H21N3O4/c1-12-8-14(20-24-12)10-18-17(21)19-13-4-2-5-15(9-13)23-11-16-6-3-7-22-16/h2,4-5,8-9,16H,3,6-7,10-11H2,1H3,(H2,18,19,21)/t16-/m1/s1. The second-order valence-corrected chi connectivity index (χ2v) is 5.71. The van der Waals surface area contributed by atoms with Crippen molar-refractivity contribution in [1.82, 2.24) is 10.5 Å². The van der Waals surface area contributed by atoms with E-state index in [1.165, 1.54) is 0 Å². The first-order chi connectivity index (χ1) is 11.7. The number of rotatable bonds is 6. The largest absolute Gasteiger partial charge is 0.491 e. The molecule has 1 aliphatic rings. The Morgan fingerprint density at radius 3 is 3.08 bits per heavy atom.